The van der Waals surface area contributed by atoms with E-state index in [0.717, 1.165) is 11.3 Å². The largest absolute Gasteiger partial charge is 0.279 e. The van der Waals surface area contributed by atoms with Gasteiger partial charge in [0.05, 0.1) is 0 Å². The molecule has 0 unspecified atom stereocenters. The smallest absolute Gasteiger partial charge is 0.271 e. The second-order valence-electron chi connectivity index (χ2n) is 5.39. The molecule has 138 valence electrons. The summed E-state index contributed by atoms with van der Waals surface area (Å²) < 4.78 is 27.0. The molecular weight excluding hydrogens is 386 g/mol. The molecule has 1 heterocycles. The predicted octanol–water partition coefficient (Wildman–Crippen LogP) is 2.62. The highest BCUT2D eigenvalue weighted by molar-refractivity contribution is 7.94. The molecule has 3 aromatic rings. The maximum Gasteiger partial charge on any atom is 0.271 e. The molecule has 9 heteroatoms. The van der Waals surface area contributed by atoms with Gasteiger partial charge in [-0.15, -0.1) is 11.3 Å². The number of hydrogen-bond donors (Lipinski definition) is 3. The van der Waals surface area contributed by atoms with E-state index in [9.17, 15) is 18.0 Å². The van der Waals surface area contributed by atoms with Gasteiger partial charge in [-0.2, -0.15) is 0 Å². The molecular formula is C18H15N3O4S2. The van der Waals surface area contributed by atoms with E-state index in [1.54, 1.807) is 41.8 Å². The molecule has 0 aliphatic heterocycles. The van der Waals surface area contributed by atoms with Gasteiger partial charge in [-0.3, -0.25) is 25.2 Å². The Labute approximate surface area is 160 Å². The molecule has 0 aliphatic rings. The molecule has 0 aliphatic carbocycles. The topological polar surface area (TPSA) is 104 Å². The first-order valence-corrected chi connectivity index (χ1v) is 10.1. The average Bonchev–Trinajstić information content (AvgIpc) is 3.23. The molecule has 0 bridgehead atoms. The standard InChI is InChI=1S/C18H15N3O4S2/c22-17(13-5-2-1-3-6-13)19-20-18(23)14-8-10-15(11-9-14)21-27(24,25)16-7-4-12-26-16/h1-12,21H,(H,19,22)(H,20,23). The second kappa shape index (κ2) is 8.02. The van der Waals surface area contributed by atoms with E-state index in [1.807, 2.05) is 0 Å². The van der Waals surface area contributed by atoms with Crippen LogP contribution in [0.1, 0.15) is 20.7 Å². The van der Waals surface area contributed by atoms with Crippen LogP contribution in [0, 0.1) is 0 Å². The summed E-state index contributed by atoms with van der Waals surface area (Å²) in [6, 6.07) is 17.5. The lowest BCUT2D eigenvalue weighted by Gasteiger charge is -2.09. The van der Waals surface area contributed by atoms with Gasteiger partial charge in [0.25, 0.3) is 21.8 Å². The van der Waals surface area contributed by atoms with Crippen molar-refractivity contribution in [2.24, 2.45) is 0 Å². The van der Waals surface area contributed by atoms with Gasteiger partial charge in [0.15, 0.2) is 0 Å². The molecule has 1 aromatic heterocycles. The maximum atomic E-state index is 12.2. The molecule has 0 saturated carbocycles. The minimum Gasteiger partial charge on any atom is -0.279 e. The lowest BCUT2D eigenvalue weighted by molar-refractivity contribution is 0.0846. The van der Waals surface area contributed by atoms with Crippen LogP contribution in [-0.2, 0) is 10.0 Å². The summed E-state index contributed by atoms with van der Waals surface area (Å²) in [6.07, 6.45) is 0. The fourth-order valence-electron chi connectivity index (χ4n) is 2.16. The summed E-state index contributed by atoms with van der Waals surface area (Å²) in [4.78, 5) is 24.0. The Morgan fingerprint density at radius 1 is 0.741 bits per heavy atom. The van der Waals surface area contributed by atoms with Crippen molar-refractivity contribution in [1.29, 1.82) is 0 Å². The van der Waals surface area contributed by atoms with Gasteiger partial charge >= 0.3 is 0 Å². The minimum atomic E-state index is -3.64. The molecule has 27 heavy (non-hydrogen) atoms. The summed E-state index contributed by atoms with van der Waals surface area (Å²) >= 11 is 1.11. The highest BCUT2D eigenvalue weighted by Gasteiger charge is 2.15. The van der Waals surface area contributed by atoms with Crippen LogP contribution < -0.4 is 15.6 Å². The molecule has 0 spiro atoms. The first kappa shape index (κ1) is 18.6. The first-order valence-electron chi connectivity index (χ1n) is 7.78. The van der Waals surface area contributed by atoms with Crippen molar-refractivity contribution in [3.05, 3.63) is 83.2 Å². The zero-order valence-electron chi connectivity index (χ0n) is 13.9. The highest BCUT2D eigenvalue weighted by atomic mass is 32.2. The fourth-order valence-corrected chi connectivity index (χ4v) is 4.21. The van der Waals surface area contributed by atoms with Gasteiger partial charge < -0.3 is 0 Å². The third kappa shape index (κ3) is 4.72. The maximum absolute atomic E-state index is 12.2. The monoisotopic (exact) mass is 401 g/mol. The molecule has 7 nitrogen and oxygen atoms in total. The summed E-state index contributed by atoms with van der Waals surface area (Å²) in [5.41, 5.74) is 5.64. The van der Waals surface area contributed by atoms with Crippen LogP contribution >= 0.6 is 11.3 Å². The van der Waals surface area contributed by atoms with Gasteiger partial charge in [0.1, 0.15) is 4.21 Å². The number of carbonyl (C=O) groups is 2. The van der Waals surface area contributed by atoms with Crippen molar-refractivity contribution >= 4 is 38.9 Å². The van der Waals surface area contributed by atoms with Gasteiger partial charge in [-0.1, -0.05) is 24.3 Å². The number of rotatable bonds is 5. The molecule has 3 N–H and O–H groups in total. The second-order valence-corrected chi connectivity index (χ2v) is 8.25. The van der Waals surface area contributed by atoms with Gasteiger partial charge in [-0.25, -0.2) is 8.42 Å². The average molecular weight is 401 g/mol. The number of hydrazine groups is 1. The van der Waals surface area contributed by atoms with Crippen molar-refractivity contribution < 1.29 is 18.0 Å². The van der Waals surface area contributed by atoms with E-state index in [-0.39, 0.29) is 9.77 Å². The summed E-state index contributed by atoms with van der Waals surface area (Å²) in [6.45, 7) is 0. The fraction of sp³-hybridized carbons (Fsp3) is 0. The van der Waals surface area contributed by atoms with Crippen LogP contribution in [0.4, 0.5) is 5.69 Å². The predicted molar refractivity (Wildman–Crippen MR) is 103 cm³/mol. The Hall–Kier alpha value is -3.17. The Kier molecular flexibility index (Phi) is 5.53. The van der Waals surface area contributed by atoms with Crippen molar-refractivity contribution in [2.45, 2.75) is 4.21 Å². The van der Waals surface area contributed by atoms with Crippen LogP contribution in [0.25, 0.3) is 0 Å². The van der Waals surface area contributed by atoms with Crippen LogP contribution in [0.15, 0.2) is 76.3 Å². The van der Waals surface area contributed by atoms with Crippen LogP contribution in [0.3, 0.4) is 0 Å². The minimum absolute atomic E-state index is 0.202. The molecule has 0 fully saturated rings. The van der Waals surface area contributed by atoms with Crippen molar-refractivity contribution in [1.82, 2.24) is 10.9 Å². The number of nitrogens with one attached hydrogen (secondary N) is 3. The number of carbonyl (C=O) groups excluding carboxylic acids is 2. The van der Waals surface area contributed by atoms with Crippen LogP contribution in [0.2, 0.25) is 0 Å². The lowest BCUT2D eigenvalue weighted by atomic mass is 10.2. The molecule has 0 radical (unpaired) electrons. The number of benzene rings is 2. The van der Waals surface area contributed by atoms with Gasteiger partial charge in [-0.05, 0) is 47.8 Å². The Morgan fingerprint density at radius 2 is 1.33 bits per heavy atom. The SMILES string of the molecule is O=C(NNC(=O)c1ccc(NS(=O)(=O)c2cccs2)cc1)c1ccccc1. The quantitative estimate of drug-likeness (QED) is 0.572. The molecule has 2 amide bonds. The van der Waals surface area contributed by atoms with Gasteiger partial charge in [0, 0.05) is 16.8 Å². The molecule has 0 atom stereocenters. The molecule has 2 aromatic carbocycles. The Balaban J connectivity index is 1.60. The van der Waals surface area contributed by atoms with E-state index in [2.05, 4.69) is 15.6 Å². The number of anilines is 1. The Morgan fingerprint density at radius 3 is 1.89 bits per heavy atom. The van der Waals surface area contributed by atoms with Crippen molar-refractivity contribution in [3.8, 4) is 0 Å². The lowest BCUT2D eigenvalue weighted by Crippen LogP contribution is -2.41. The number of amides is 2. The number of sulfonamides is 1. The summed E-state index contributed by atoms with van der Waals surface area (Å²) in [7, 11) is -3.64. The van der Waals surface area contributed by atoms with Crippen molar-refractivity contribution in [3.63, 3.8) is 0 Å². The van der Waals surface area contributed by atoms with E-state index in [1.165, 1.54) is 30.3 Å². The van der Waals surface area contributed by atoms with Crippen LogP contribution in [0.5, 0.6) is 0 Å². The summed E-state index contributed by atoms with van der Waals surface area (Å²) in [5, 5.41) is 1.67. The van der Waals surface area contributed by atoms with E-state index in [4.69, 9.17) is 0 Å². The highest BCUT2D eigenvalue weighted by Crippen LogP contribution is 2.20. The molecule has 0 saturated heterocycles. The number of hydrogen-bond acceptors (Lipinski definition) is 5. The Bertz CT molecular complexity index is 1030. The zero-order chi connectivity index (χ0) is 19.3. The summed E-state index contributed by atoms with van der Waals surface area (Å²) in [5.74, 6) is -0.962. The normalized spacial score (nSPS) is 10.8. The van der Waals surface area contributed by atoms with E-state index in [0.29, 0.717) is 11.3 Å². The molecule has 3 rings (SSSR count). The third-order valence-corrected chi connectivity index (χ3v) is 6.26. The first-order chi connectivity index (χ1) is 13.0. The van der Waals surface area contributed by atoms with Crippen LogP contribution in [-0.4, -0.2) is 20.2 Å². The van der Waals surface area contributed by atoms with Crippen molar-refractivity contribution in [2.75, 3.05) is 4.72 Å². The third-order valence-electron chi connectivity index (χ3n) is 3.48. The zero-order valence-corrected chi connectivity index (χ0v) is 15.5. The van der Waals surface area contributed by atoms with E-state index < -0.39 is 21.8 Å². The number of thiophene rings is 1. The van der Waals surface area contributed by atoms with E-state index >= 15 is 0 Å². The van der Waals surface area contributed by atoms with Gasteiger partial charge in [0.2, 0.25) is 0 Å².